The number of rotatable bonds is 63. The second-order valence-corrected chi connectivity index (χ2v) is 29.3. The Kier molecular flexibility index (Phi) is 48.0. The summed E-state index contributed by atoms with van der Waals surface area (Å²) in [5.41, 5.74) is 56.4. The number of primary amides is 7. The fraction of sp³-hybridized carbons (Fsp3) is 0.506. The molecule has 0 bridgehead atoms. The molecule has 0 aromatic heterocycles. The first-order valence-electron chi connectivity index (χ1n) is 40.2. The first kappa shape index (κ1) is 106. The Labute approximate surface area is 718 Å². The fourth-order valence-corrected chi connectivity index (χ4v) is 12.2. The first-order chi connectivity index (χ1) is 59.2. The van der Waals surface area contributed by atoms with Crippen LogP contribution >= 0.6 is 0 Å². The summed E-state index contributed by atoms with van der Waals surface area (Å²) in [4.78, 5) is 282. The van der Waals surface area contributed by atoms with Crippen LogP contribution in [-0.4, -0.2) is 239 Å². The van der Waals surface area contributed by atoms with Gasteiger partial charge in [0, 0.05) is 64.2 Å². The van der Waals surface area contributed by atoms with Crippen molar-refractivity contribution in [3.63, 3.8) is 0 Å². The van der Waals surface area contributed by atoms with Crippen molar-refractivity contribution in [2.75, 3.05) is 26.2 Å². The lowest BCUT2D eigenvalue weighted by Gasteiger charge is -2.28. The molecule has 3 rings (SSSR count). The highest BCUT2D eigenvalue weighted by Crippen LogP contribution is 2.15. The predicted molar refractivity (Wildman–Crippen MR) is 444 cm³/mol. The van der Waals surface area contributed by atoms with Crippen molar-refractivity contribution < 1.29 is 111 Å². The van der Waals surface area contributed by atoms with Gasteiger partial charge in [0.15, 0.2) is 0 Å². The van der Waals surface area contributed by atoms with Gasteiger partial charge in [-0.1, -0.05) is 97.4 Å². The monoisotopic (exact) mass is 1760 g/mol. The predicted octanol–water partition coefficient (Wildman–Crippen LogP) is -9.83. The molecule has 0 aliphatic heterocycles. The molecule has 13 atom stereocenters. The summed E-state index contributed by atoms with van der Waals surface area (Å²) in [6.45, 7) is -1.40. The zero-order chi connectivity index (χ0) is 93.3. The molecular formula is C79H117N23O23. The Bertz CT molecular complexity index is 4190. The van der Waals surface area contributed by atoms with E-state index in [4.69, 9.17) is 57.3 Å². The lowest BCUT2D eigenvalue weighted by molar-refractivity contribution is -0.139. The summed E-state index contributed by atoms with van der Waals surface area (Å²) in [5.74, 6) is -22.9. The van der Waals surface area contributed by atoms with Gasteiger partial charge >= 0.3 is 5.97 Å². The third-order valence-electron chi connectivity index (χ3n) is 19.1. The normalized spacial score (nSPS) is 14.0. The van der Waals surface area contributed by atoms with E-state index in [-0.39, 0.29) is 45.1 Å². The van der Waals surface area contributed by atoms with Crippen molar-refractivity contribution in [2.24, 2.45) is 57.3 Å². The van der Waals surface area contributed by atoms with Gasteiger partial charge in [-0.25, -0.2) is 0 Å². The van der Waals surface area contributed by atoms with Gasteiger partial charge in [-0.15, -0.1) is 0 Å². The molecule has 20 amide bonds. The average Bonchev–Trinajstić information content (AvgIpc) is 0.845. The van der Waals surface area contributed by atoms with Gasteiger partial charge in [-0.3, -0.25) is 101 Å². The van der Waals surface area contributed by atoms with Crippen molar-refractivity contribution in [3.8, 4) is 0 Å². The molecule has 3 aromatic rings. The largest absolute Gasteiger partial charge is 0.481 e. The summed E-state index contributed by atoms with van der Waals surface area (Å²) in [7, 11) is 0. The molecule has 686 valence electrons. The minimum absolute atomic E-state index is 0.0749. The number of unbranched alkanes of at least 4 members (excludes halogenated alkanes) is 2. The summed E-state index contributed by atoms with van der Waals surface area (Å²) >= 11 is 0. The van der Waals surface area contributed by atoms with Crippen LogP contribution in [-0.2, 0) is 120 Å². The van der Waals surface area contributed by atoms with Gasteiger partial charge < -0.3 is 137 Å². The fourth-order valence-electron chi connectivity index (χ4n) is 12.2. The number of aliphatic hydroxyl groups is 1. The number of hydrogen-bond acceptors (Lipinski definition) is 25. The second-order valence-electron chi connectivity index (χ2n) is 29.3. The Morgan fingerprint density at radius 1 is 0.272 bits per heavy atom. The molecule has 0 unspecified atom stereocenters. The molecule has 46 nitrogen and oxygen atoms in total. The lowest BCUT2D eigenvalue weighted by atomic mass is 10.0. The molecule has 0 fully saturated rings. The summed E-state index contributed by atoms with van der Waals surface area (Å²) in [6.07, 6.45) is -7.82. The van der Waals surface area contributed by atoms with Gasteiger partial charge in [-0.2, -0.15) is 0 Å². The van der Waals surface area contributed by atoms with Crippen molar-refractivity contribution in [3.05, 3.63) is 108 Å². The van der Waals surface area contributed by atoms with Crippen LogP contribution in [0.2, 0.25) is 0 Å². The van der Waals surface area contributed by atoms with Crippen molar-refractivity contribution in [1.82, 2.24) is 69.1 Å². The number of carbonyl (C=O) groups excluding carboxylic acids is 20. The van der Waals surface area contributed by atoms with Crippen LogP contribution in [0.25, 0.3) is 0 Å². The van der Waals surface area contributed by atoms with E-state index in [0.29, 0.717) is 36.1 Å². The maximum absolute atomic E-state index is 15.0. The zero-order valence-corrected chi connectivity index (χ0v) is 69.0. The highest BCUT2D eigenvalue weighted by molar-refractivity contribution is 6.01. The summed E-state index contributed by atoms with van der Waals surface area (Å²) in [6, 6.07) is 1.76. The Balaban J connectivity index is 2.08. The van der Waals surface area contributed by atoms with E-state index in [1.165, 1.54) is 12.1 Å². The highest BCUT2D eigenvalue weighted by Gasteiger charge is 2.38. The maximum Gasteiger partial charge on any atom is 0.303 e. The number of carboxylic acids is 1. The number of amides is 20. The Hall–Kier alpha value is -13.6. The molecule has 35 N–H and O–H groups in total. The van der Waals surface area contributed by atoms with Crippen LogP contribution in [0.5, 0.6) is 0 Å². The third-order valence-corrected chi connectivity index (χ3v) is 19.1. The van der Waals surface area contributed by atoms with Crippen LogP contribution in [0.4, 0.5) is 0 Å². The van der Waals surface area contributed by atoms with Gasteiger partial charge in [0.2, 0.25) is 118 Å². The number of nitrogens with one attached hydrogen (secondary N) is 13. The van der Waals surface area contributed by atoms with Crippen LogP contribution in [0.15, 0.2) is 91.0 Å². The molecule has 0 saturated heterocycles. The summed E-state index contributed by atoms with van der Waals surface area (Å²) < 4.78 is 0. The Morgan fingerprint density at radius 3 is 0.784 bits per heavy atom. The van der Waals surface area contributed by atoms with Crippen LogP contribution in [0.1, 0.15) is 145 Å². The molecule has 0 radical (unpaired) electrons. The smallest absolute Gasteiger partial charge is 0.303 e. The van der Waals surface area contributed by atoms with Gasteiger partial charge in [0.25, 0.3) is 0 Å². The number of aliphatic hydroxyl groups excluding tert-OH is 1. The molecule has 0 heterocycles. The van der Waals surface area contributed by atoms with E-state index in [0.717, 1.165) is 0 Å². The van der Waals surface area contributed by atoms with E-state index < -0.39 is 312 Å². The topological polar surface area (TPSA) is 816 Å². The van der Waals surface area contributed by atoms with E-state index in [9.17, 15) is 101 Å². The van der Waals surface area contributed by atoms with E-state index in [2.05, 4.69) is 69.1 Å². The van der Waals surface area contributed by atoms with E-state index in [1.54, 1.807) is 78.9 Å². The standard InChI is InChI=1S/C79H117N23O23/c80-36-12-10-20-46(82)68(114)102-58(42-103)69(115)90-41-65(110)91-49(23-30-60(84)105)71(117)94-51(25-32-62(86)107)73(119)93-48(21-11-13-37-81)70(116)99-55(38-43-14-4-1-5-15-43)77(123)96-52(26-33-63(87)108)75(121)100-56(39-44-16-6-2-7-17-44)78(124)97-53(27-34-64(88)109)76(122)101-57(40-45-18-8-3-9-19-45)79(125)98-54(28-35-66(111)112)74(120)95-50(24-31-61(85)106)72(118)92-47(67(89)113)22-29-59(83)104/h1-9,14-19,46-58,103H,10-13,20-42,80-82H2,(H2,83,104)(H2,84,105)(H2,85,106)(H2,86,107)(H2,87,108)(H2,88,109)(H2,89,113)(H,90,115)(H,91,110)(H,92,118)(H,93,119)(H,94,117)(H,95,120)(H,96,123)(H,97,124)(H,98,125)(H,99,116)(H,100,121)(H,101,122)(H,102,114)(H,111,112)/t46-,47-,48-,49-,50-,51-,52-,53-,54-,55-,56-,57-,58-/m0/s1. The number of benzene rings is 3. The highest BCUT2D eigenvalue weighted by atomic mass is 16.4. The molecule has 0 aliphatic carbocycles. The minimum atomic E-state index is -1.87. The average molecular weight is 1760 g/mol. The molecule has 0 aliphatic rings. The SMILES string of the molecule is NCCCC[C@H](NC(=O)[C@H](CCC(N)=O)NC(=O)[C@H](CCC(N)=O)NC(=O)CNC(=O)[C@H](CO)NC(=O)[C@@H](N)CCCCN)C(=O)N[C@@H](Cc1ccccc1)C(=O)N[C@@H](CCC(N)=O)C(=O)N[C@@H](Cc1ccccc1)C(=O)N[C@@H](CCC(N)=O)C(=O)N[C@@H](Cc1ccccc1)C(=O)N[C@@H](CCC(=O)O)C(=O)N[C@@H](CCC(N)=O)C(=O)N[C@@H](CCC(N)=O)C(N)=O. The lowest BCUT2D eigenvalue weighted by Crippen LogP contribution is -2.61. The third kappa shape index (κ3) is 42.6. The minimum Gasteiger partial charge on any atom is -0.481 e. The number of nitrogens with two attached hydrogens (primary N) is 10. The molecule has 0 saturated carbocycles. The van der Waals surface area contributed by atoms with Crippen molar-refractivity contribution in [1.29, 1.82) is 0 Å². The molecule has 125 heavy (non-hydrogen) atoms. The van der Waals surface area contributed by atoms with Crippen LogP contribution in [0, 0.1) is 0 Å². The van der Waals surface area contributed by atoms with Crippen molar-refractivity contribution >= 4 is 124 Å². The number of aliphatic carboxylic acids is 1. The Morgan fingerprint density at radius 2 is 0.512 bits per heavy atom. The first-order valence-corrected chi connectivity index (χ1v) is 40.2. The zero-order valence-electron chi connectivity index (χ0n) is 69.0. The number of carboxylic acid groups (broad SMARTS) is 1. The second kappa shape index (κ2) is 56.9. The number of hydrogen-bond donors (Lipinski definition) is 25. The molecule has 3 aromatic carbocycles. The van der Waals surface area contributed by atoms with Crippen molar-refractivity contribution in [2.45, 2.75) is 226 Å². The van der Waals surface area contributed by atoms with E-state index in [1.807, 2.05) is 0 Å². The van der Waals surface area contributed by atoms with Gasteiger partial charge in [0.05, 0.1) is 19.2 Å². The molecular weight excluding hydrogens is 1640 g/mol. The van der Waals surface area contributed by atoms with Crippen LogP contribution < -0.4 is 126 Å². The van der Waals surface area contributed by atoms with Crippen LogP contribution in [0.3, 0.4) is 0 Å². The maximum atomic E-state index is 15.0. The van der Waals surface area contributed by atoms with Gasteiger partial charge in [-0.05, 0) is 107 Å². The van der Waals surface area contributed by atoms with Gasteiger partial charge in [0.1, 0.15) is 72.5 Å². The van der Waals surface area contributed by atoms with E-state index >= 15 is 9.59 Å². The molecule has 0 spiro atoms. The molecule has 46 heteroatoms. The number of carbonyl (C=O) groups is 21. The summed E-state index contributed by atoms with van der Waals surface area (Å²) in [5, 5.41) is 50.9. The quantitative estimate of drug-likeness (QED) is 0.0233.